The van der Waals surface area contributed by atoms with E-state index in [0.29, 0.717) is 12.4 Å². The van der Waals surface area contributed by atoms with E-state index in [2.05, 4.69) is 31.9 Å². The number of rotatable bonds is 7. The van der Waals surface area contributed by atoms with Crippen molar-refractivity contribution in [2.24, 2.45) is 0 Å². The number of halogens is 2. The van der Waals surface area contributed by atoms with Crippen molar-refractivity contribution in [1.29, 1.82) is 0 Å². The molecule has 3 aromatic rings. The van der Waals surface area contributed by atoms with Gasteiger partial charge in [0.2, 0.25) is 0 Å². The molecule has 2 heterocycles. The van der Waals surface area contributed by atoms with Gasteiger partial charge in [-0.3, -0.25) is 9.80 Å². The molecule has 0 bridgehead atoms. The van der Waals surface area contributed by atoms with E-state index >= 15 is 0 Å². The fourth-order valence-corrected chi connectivity index (χ4v) is 3.84. The van der Waals surface area contributed by atoms with Crippen molar-refractivity contribution in [2.75, 3.05) is 32.7 Å². The molecule has 156 valence electrons. The van der Waals surface area contributed by atoms with Gasteiger partial charge in [-0.1, -0.05) is 30.3 Å². The van der Waals surface area contributed by atoms with Gasteiger partial charge in [-0.05, 0) is 45.8 Å². The Morgan fingerprint density at radius 2 is 1.57 bits per heavy atom. The minimum absolute atomic E-state index is 0.202. The molecule has 0 amide bonds. The van der Waals surface area contributed by atoms with Crippen LogP contribution in [0.2, 0.25) is 0 Å². The molecule has 30 heavy (non-hydrogen) atoms. The van der Waals surface area contributed by atoms with Crippen LogP contribution in [0.25, 0.3) is 0 Å². The molecule has 0 radical (unpaired) electrons. The topological polar surface area (TPSA) is 50.1 Å². The third-order valence-electron chi connectivity index (χ3n) is 5.39. The molecular formula is C22H24F2N6. The van der Waals surface area contributed by atoms with E-state index < -0.39 is 0 Å². The molecule has 8 heteroatoms. The summed E-state index contributed by atoms with van der Waals surface area (Å²) in [5.41, 5.74) is 1.84. The predicted molar refractivity (Wildman–Crippen MR) is 110 cm³/mol. The standard InChI is InChI=1S/C22H24F2N6/c1-2-11-28-12-14-29(15-13-28)21(18-5-9-20(24)10-6-18)22-25-26-27-30(22)16-17-3-7-19(23)8-4-17/h2-10,21H,1,11-16H2. The molecule has 1 atom stereocenters. The number of aromatic nitrogens is 4. The summed E-state index contributed by atoms with van der Waals surface area (Å²) in [6.45, 7) is 8.58. The summed E-state index contributed by atoms with van der Waals surface area (Å²) in [4.78, 5) is 4.66. The lowest BCUT2D eigenvalue weighted by Gasteiger charge is -2.38. The van der Waals surface area contributed by atoms with Gasteiger partial charge in [0.15, 0.2) is 5.82 Å². The average molecular weight is 410 g/mol. The monoisotopic (exact) mass is 410 g/mol. The van der Waals surface area contributed by atoms with E-state index in [9.17, 15) is 8.78 Å². The van der Waals surface area contributed by atoms with Crippen molar-refractivity contribution in [3.8, 4) is 0 Å². The van der Waals surface area contributed by atoms with Crippen molar-refractivity contribution in [2.45, 2.75) is 12.6 Å². The van der Waals surface area contributed by atoms with Crippen LogP contribution in [0.5, 0.6) is 0 Å². The Labute approximate surface area is 174 Å². The molecule has 0 N–H and O–H groups in total. The molecule has 1 aliphatic rings. The van der Waals surface area contributed by atoms with Gasteiger partial charge in [-0.25, -0.2) is 13.5 Å². The molecule has 1 aliphatic heterocycles. The maximum atomic E-state index is 13.6. The van der Waals surface area contributed by atoms with E-state index in [1.807, 2.05) is 6.08 Å². The normalized spacial score (nSPS) is 16.5. The van der Waals surface area contributed by atoms with Crippen molar-refractivity contribution >= 4 is 0 Å². The molecule has 1 fully saturated rings. The first-order valence-electron chi connectivity index (χ1n) is 9.97. The van der Waals surface area contributed by atoms with Gasteiger partial charge in [0.25, 0.3) is 0 Å². The van der Waals surface area contributed by atoms with Crippen LogP contribution in [-0.2, 0) is 6.54 Å². The molecule has 0 saturated carbocycles. The summed E-state index contributed by atoms with van der Waals surface area (Å²) in [5.74, 6) is 0.125. The van der Waals surface area contributed by atoms with E-state index in [4.69, 9.17) is 0 Å². The van der Waals surface area contributed by atoms with Crippen LogP contribution >= 0.6 is 0 Å². The summed E-state index contributed by atoms with van der Waals surface area (Å²) in [5, 5.41) is 12.4. The number of piperazine rings is 1. The molecule has 1 saturated heterocycles. The maximum absolute atomic E-state index is 13.6. The second-order valence-corrected chi connectivity index (χ2v) is 7.40. The first-order valence-corrected chi connectivity index (χ1v) is 9.97. The van der Waals surface area contributed by atoms with Gasteiger partial charge in [-0.15, -0.1) is 11.7 Å². The number of hydrogen-bond donors (Lipinski definition) is 0. The van der Waals surface area contributed by atoms with Gasteiger partial charge >= 0.3 is 0 Å². The zero-order chi connectivity index (χ0) is 20.9. The quantitative estimate of drug-likeness (QED) is 0.561. The molecule has 0 spiro atoms. The highest BCUT2D eigenvalue weighted by atomic mass is 19.1. The first kappa shape index (κ1) is 20.3. The van der Waals surface area contributed by atoms with E-state index in [1.165, 1.54) is 24.3 Å². The first-order chi connectivity index (χ1) is 14.6. The third-order valence-corrected chi connectivity index (χ3v) is 5.39. The Hall–Kier alpha value is -2.97. The van der Waals surface area contributed by atoms with Gasteiger partial charge < -0.3 is 0 Å². The lowest BCUT2D eigenvalue weighted by Crippen LogP contribution is -2.48. The summed E-state index contributed by atoms with van der Waals surface area (Å²) in [7, 11) is 0. The van der Waals surface area contributed by atoms with Gasteiger partial charge in [0, 0.05) is 32.7 Å². The second-order valence-electron chi connectivity index (χ2n) is 7.40. The number of nitrogens with zero attached hydrogens (tertiary/aromatic N) is 6. The van der Waals surface area contributed by atoms with Gasteiger partial charge in [0.05, 0.1) is 12.6 Å². The van der Waals surface area contributed by atoms with E-state index in [1.54, 1.807) is 28.9 Å². The van der Waals surface area contributed by atoms with Crippen LogP contribution in [-0.4, -0.2) is 62.7 Å². The van der Waals surface area contributed by atoms with E-state index in [0.717, 1.165) is 43.9 Å². The van der Waals surface area contributed by atoms with Crippen LogP contribution < -0.4 is 0 Å². The van der Waals surface area contributed by atoms with Crippen LogP contribution in [0.3, 0.4) is 0 Å². The third kappa shape index (κ3) is 4.60. The summed E-state index contributed by atoms with van der Waals surface area (Å²) in [6, 6.07) is 12.6. The van der Waals surface area contributed by atoms with Gasteiger partial charge in [-0.2, -0.15) is 0 Å². The van der Waals surface area contributed by atoms with E-state index in [-0.39, 0.29) is 17.7 Å². The van der Waals surface area contributed by atoms with Crippen molar-refractivity contribution in [3.05, 3.63) is 89.8 Å². The second kappa shape index (κ2) is 9.23. The average Bonchev–Trinajstić information content (AvgIpc) is 3.20. The Kier molecular flexibility index (Phi) is 6.25. The summed E-state index contributed by atoms with van der Waals surface area (Å²) >= 11 is 0. The fourth-order valence-electron chi connectivity index (χ4n) is 3.84. The lowest BCUT2D eigenvalue weighted by atomic mass is 10.0. The Balaban J connectivity index is 1.63. The molecule has 1 aromatic heterocycles. The molecule has 6 nitrogen and oxygen atoms in total. The van der Waals surface area contributed by atoms with Crippen molar-refractivity contribution < 1.29 is 8.78 Å². The largest absolute Gasteiger partial charge is 0.297 e. The smallest absolute Gasteiger partial charge is 0.173 e. The molecule has 4 rings (SSSR count). The van der Waals surface area contributed by atoms with Crippen molar-refractivity contribution in [3.63, 3.8) is 0 Å². The Bertz CT molecular complexity index is 962. The van der Waals surface area contributed by atoms with Crippen LogP contribution in [0.1, 0.15) is 23.0 Å². The molecule has 0 aliphatic carbocycles. The SMILES string of the molecule is C=CCN1CCN(C(c2ccc(F)cc2)c2nnnn2Cc2ccc(F)cc2)CC1. The number of benzene rings is 2. The lowest BCUT2D eigenvalue weighted by molar-refractivity contribution is 0.112. The molecule has 1 unspecified atom stereocenters. The van der Waals surface area contributed by atoms with Crippen LogP contribution in [0.15, 0.2) is 61.2 Å². The molecular weight excluding hydrogens is 386 g/mol. The zero-order valence-electron chi connectivity index (χ0n) is 16.7. The Morgan fingerprint density at radius 1 is 0.933 bits per heavy atom. The van der Waals surface area contributed by atoms with Crippen molar-refractivity contribution in [1.82, 2.24) is 30.0 Å². The van der Waals surface area contributed by atoms with Crippen LogP contribution in [0.4, 0.5) is 8.78 Å². The minimum Gasteiger partial charge on any atom is -0.297 e. The Morgan fingerprint density at radius 3 is 2.20 bits per heavy atom. The zero-order valence-corrected chi connectivity index (χ0v) is 16.7. The highest BCUT2D eigenvalue weighted by Gasteiger charge is 2.30. The fraction of sp³-hybridized carbons (Fsp3) is 0.318. The highest BCUT2D eigenvalue weighted by molar-refractivity contribution is 5.26. The number of tetrazole rings is 1. The highest BCUT2D eigenvalue weighted by Crippen LogP contribution is 2.28. The van der Waals surface area contributed by atoms with Gasteiger partial charge in [0.1, 0.15) is 11.6 Å². The summed E-state index contributed by atoms with van der Waals surface area (Å²) in [6.07, 6.45) is 1.91. The number of hydrogen-bond acceptors (Lipinski definition) is 5. The maximum Gasteiger partial charge on any atom is 0.173 e. The minimum atomic E-state index is -0.280. The predicted octanol–water partition coefficient (Wildman–Crippen LogP) is 2.89. The summed E-state index contributed by atoms with van der Waals surface area (Å²) < 4.78 is 28.6. The molecule has 2 aromatic carbocycles. The van der Waals surface area contributed by atoms with Crippen LogP contribution in [0, 0.1) is 11.6 Å².